The van der Waals surface area contributed by atoms with Crippen molar-refractivity contribution >= 4 is 23.2 Å². The zero-order valence-corrected chi connectivity index (χ0v) is 15.7. The largest absolute Gasteiger partial charge is 0.465 e. The fourth-order valence-electron chi connectivity index (χ4n) is 3.04. The van der Waals surface area contributed by atoms with Gasteiger partial charge >= 0.3 is 6.09 Å². The summed E-state index contributed by atoms with van der Waals surface area (Å²) in [6, 6.07) is 0. The van der Waals surface area contributed by atoms with Crippen molar-refractivity contribution in [3.8, 4) is 0 Å². The SMILES string of the molecule is CC1(C)C[C@@H](CO)[C@](N)(c2nc(N(C(=O)O)C(C)(C)C)cs2)CO1. The summed E-state index contributed by atoms with van der Waals surface area (Å²) in [6.45, 7) is 9.52. The second kappa shape index (κ2) is 6.25. The van der Waals surface area contributed by atoms with Crippen LogP contribution >= 0.6 is 11.3 Å². The number of carbonyl (C=O) groups is 1. The highest BCUT2D eigenvalue weighted by molar-refractivity contribution is 7.10. The van der Waals surface area contributed by atoms with Gasteiger partial charge in [0.15, 0.2) is 0 Å². The highest BCUT2D eigenvalue weighted by atomic mass is 32.1. The van der Waals surface area contributed by atoms with Crippen molar-refractivity contribution in [2.24, 2.45) is 11.7 Å². The van der Waals surface area contributed by atoms with Crippen LogP contribution in [0.5, 0.6) is 0 Å². The molecule has 1 aromatic rings. The zero-order chi connectivity index (χ0) is 18.3. The average Bonchev–Trinajstić information content (AvgIpc) is 2.89. The summed E-state index contributed by atoms with van der Waals surface area (Å²) in [5.41, 5.74) is 4.65. The summed E-state index contributed by atoms with van der Waals surface area (Å²) in [5, 5.41) is 21.6. The Morgan fingerprint density at radius 3 is 2.67 bits per heavy atom. The molecule has 8 heteroatoms. The molecule has 7 nitrogen and oxygen atoms in total. The molecule has 2 rings (SSSR count). The van der Waals surface area contributed by atoms with Gasteiger partial charge in [0, 0.05) is 23.4 Å². The molecule has 1 aromatic heterocycles. The molecule has 0 saturated carbocycles. The van der Waals surface area contributed by atoms with E-state index in [1.165, 1.54) is 16.2 Å². The van der Waals surface area contributed by atoms with Crippen molar-refractivity contribution in [3.63, 3.8) is 0 Å². The number of hydrogen-bond donors (Lipinski definition) is 3. The molecule has 0 bridgehead atoms. The van der Waals surface area contributed by atoms with Crippen LogP contribution in [0.25, 0.3) is 0 Å². The van der Waals surface area contributed by atoms with Crippen LogP contribution in [0.15, 0.2) is 5.38 Å². The first-order chi connectivity index (χ1) is 10.9. The number of carboxylic acid groups (broad SMARTS) is 1. The molecule has 0 aliphatic carbocycles. The van der Waals surface area contributed by atoms with Crippen LogP contribution in [0, 0.1) is 5.92 Å². The lowest BCUT2D eigenvalue weighted by Crippen LogP contribution is -2.57. The molecule has 136 valence electrons. The minimum atomic E-state index is -1.06. The number of amides is 1. The van der Waals surface area contributed by atoms with Gasteiger partial charge in [-0.2, -0.15) is 0 Å². The van der Waals surface area contributed by atoms with Crippen molar-refractivity contribution in [2.75, 3.05) is 18.1 Å². The number of aromatic nitrogens is 1. The second-order valence-electron chi connectivity index (χ2n) is 7.97. The number of anilines is 1. The van der Waals surface area contributed by atoms with Gasteiger partial charge in [0.2, 0.25) is 0 Å². The fraction of sp³-hybridized carbons (Fsp3) is 0.750. The summed E-state index contributed by atoms with van der Waals surface area (Å²) in [4.78, 5) is 17.3. The predicted octanol–water partition coefficient (Wildman–Crippen LogP) is 2.39. The third kappa shape index (κ3) is 3.56. The van der Waals surface area contributed by atoms with Crippen LogP contribution in [0.4, 0.5) is 10.6 Å². The van der Waals surface area contributed by atoms with Gasteiger partial charge in [-0.1, -0.05) is 0 Å². The molecule has 0 radical (unpaired) electrons. The topological polar surface area (TPSA) is 109 Å². The molecule has 1 amide bonds. The van der Waals surface area contributed by atoms with Crippen LogP contribution < -0.4 is 10.6 Å². The molecule has 2 heterocycles. The molecule has 1 saturated heterocycles. The Bertz CT molecular complexity index is 611. The molecule has 0 aromatic carbocycles. The molecule has 0 spiro atoms. The van der Waals surface area contributed by atoms with E-state index in [2.05, 4.69) is 4.98 Å². The number of nitrogens with zero attached hydrogens (tertiary/aromatic N) is 2. The Labute approximate surface area is 146 Å². The lowest BCUT2D eigenvalue weighted by Gasteiger charge is -2.45. The van der Waals surface area contributed by atoms with Crippen molar-refractivity contribution in [1.82, 2.24) is 4.98 Å². The van der Waals surface area contributed by atoms with Gasteiger partial charge in [0.1, 0.15) is 10.8 Å². The number of rotatable bonds is 3. The van der Waals surface area contributed by atoms with Gasteiger partial charge in [-0.3, -0.25) is 4.90 Å². The number of hydrogen-bond acceptors (Lipinski definition) is 6. The number of thiazole rings is 1. The first kappa shape index (κ1) is 19.1. The minimum Gasteiger partial charge on any atom is -0.465 e. The van der Waals surface area contributed by atoms with E-state index in [0.29, 0.717) is 17.2 Å². The maximum absolute atomic E-state index is 11.6. The number of ether oxygens (including phenoxy) is 1. The maximum Gasteiger partial charge on any atom is 0.413 e. The molecular formula is C16H27N3O4S. The van der Waals surface area contributed by atoms with Crippen molar-refractivity contribution in [2.45, 2.75) is 57.7 Å². The highest BCUT2D eigenvalue weighted by Gasteiger charge is 2.47. The Morgan fingerprint density at radius 1 is 1.54 bits per heavy atom. The first-order valence-corrected chi connectivity index (χ1v) is 8.81. The van der Waals surface area contributed by atoms with Gasteiger partial charge in [-0.05, 0) is 41.0 Å². The average molecular weight is 357 g/mol. The van der Waals surface area contributed by atoms with E-state index in [0.717, 1.165) is 0 Å². The van der Waals surface area contributed by atoms with Gasteiger partial charge in [0.05, 0.1) is 17.7 Å². The third-order valence-electron chi connectivity index (χ3n) is 4.37. The number of aliphatic hydroxyl groups excluding tert-OH is 1. The Balaban J connectivity index is 2.37. The van der Waals surface area contributed by atoms with E-state index in [1.807, 2.05) is 13.8 Å². The van der Waals surface area contributed by atoms with Crippen LogP contribution in [-0.2, 0) is 10.3 Å². The lowest BCUT2D eigenvalue weighted by molar-refractivity contribution is -0.124. The molecule has 1 aliphatic heterocycles. The van der Waals surface area contributed by atoms with Crippen LogP contribution in [0.2, 0.25) is 0 Å². The Morgan fingerprint density at radius 2 is 2.17 bits per heavy atom. The monoisotopic (exact) mass is 357 g/mol. The van der Waals surface area contributed by atoms with E-state index >= 15 is 0 Å². The molecule has 2 atom stereocenters. The summed E-state index contributed by atoms with van der Waals surface area (Å²) in [7, 11) is 0. The standard InChI is InChI=1S/C16H27N3O4S/c1-14(2,3)19(13(21)22)11-8-24-12(18-11)16(17)9-23-15(4,5)6-10(16)7-20/h8,10,20H,6-7,9,17H2,1-5H3,(H,21,22)/t10-,16-/m0/s1. The van der Waals surface area contributed by atoms with E-state index in [-0.39, 0.29) is 24.7 Å². The molecule has 0 unspecified atom stereocenters. The maximum atomic E-state index is 11.6. The molecular weight excluding hydrogens is 330 g/mol. The van der Waals surface area contributed by atoms with Crippen molar-refractivity contribution < 1.29 is 19.7 Å². The minimum absolute atomic E-state index is 0.0693. The molecule has 24 heavy (non-hydrogen) atoms. The van der Waals surface area contributed by atoms with E-state index in [4.69, 9.17) is 10.5 Å². The van der Waals surface area contributed by atoms with E-state index < -0.39 is 17.2 Å². The van der Waals surface area contributed by atoms with Crippen molar-refractivity contribution in [1.29, 1.82) is 0 Å². The third-order valence-corrected chi connectivity index (χ3v) is 5.39. The Hall–Kier alpha value is -1.22. The second-order valence-corrected chi connectivity index (χ2v) is 8.83. The zero-order valence-electron chi connectivity index (χ0n) is 14.9. The summed E-state index contributed by atoms with van der Waals surface area (Å²) >= 11 is 1.30. The normalized spacial score (nSPS) is 27.0. The van der Waals surface area contributed by atoms with Gasteiger partial charge in [-0.15, -0.1) is 11.3 Å². The van der Waals surface area contributed by atoms with E-state index in [1.54, 1.807) is 26.2 Å². The number of aliphatic hydroxyl groups is 1. The smallest absolute Gasteiger partial charge is 0.413 e. The lowest BCUT2D eigenvalue weighted by atomic mass is 9.76. The molecule has 1 aliphatic rings. The quantitative estimate of drug-likeness (QED) is 0.766. The highest BCUT2D eigenvalue weighted by Crippen LogP contribution is 2.41. The molecule has 4 N–H and O–H groups in total. The van der Waals surface area contributed by atoms with E-state index in [9.17, 15) is 15.0 Å². The van der Waals surface area contributed by atoms with Crippen LogP contribution in [0.3, 0.4) is 0 Å². The summed E-state index contributed by atoms with van der Waals surface area (Å²) in [6.07, 6.45) is -0.457. The summed E-state index contributed by atoms with van der Waals surface area (Å²) < 4.78 is 5.85. The van der Waals surface area contributed by atoms with Crippen molar-refractivity contribution in [3.05, 3.63) is 10.4 Å². The Kier molecular flexibility index (Phi) is 4.98. The first-order valence-electron chi connectivity index (χ1n) is 7.93. The summed E-state index contributed by atoms with van der Waals surface area (Å²) in [5.74, 6) is 0.148. The predicted molar refractivity (Wildman–Crippen MR) is 93.5 cm³/mol. The van der Waals surface area contributed by atoms with Gasteiger partial charge in [-0.25, -0.2) is 9.78 Å². The van der Waals surface area contributed by atoms with Crippen LogP contribution in [0.1, 0.15) is 46.0 Å². The van der Waals surface area contributed by atoms with Crippen LogP contribution in [-0.4, -0.2) is 45.6 Å². The van der Waals surface area contributed by atoms with Gasteiger partial charge in [0.25, 0.3) is 0 Å². The van der Waals surface area contributed by atoms with Gasteiger partial charge < -0.3 is 20.7 Å². The molecule has 1 fully saturated rings. The number of nitrogens with two attached hydrogens (primary N) is 1. The fourth-order valence-corrected chi connectivity index (χ4v) is 4.01.